The molecular weight excluding hydrogens is 198 g/mol. The minimum absolute atomic E-state index is 0.300. The molecule has 2 nitrogen and oxygen atoms in total. The van der Waals surface area contributed by atoms with Crippen molar-refractivity contribution in [1.29, 1.82) is 0 Å². The molecule has 0 fully saturated rings. The minimum atomic E-state index is -0.300. The summed E-state index contributed by atoms with van der Waals surface area (Å²) in [5, 5.41) is 0. The van der Waals surface area contributed by atoms with E-state index in [2.05, 4.69) is 46.4 Å². The van der Waals surface area contributed by atoms with Crippen molar-refractivity contribution in [1.82, 2.24) is 4.90 Å². The average Bonchev–Trinajstić information content (AvgIpc) is 2.19. The summed E-state index contributed by atoms with van der Waals surface area (Å²) in [6.45, 7) is 14.6. The van der Waals surface area contributed by atoms with E-state index in [0.29, 0.717) is 11.7 Å². The van der Waals surface area contributed by atoms with Gasteiger partial charge in [0.1, 0.15) is 0 Å². The van der Waals surface area contributed by atoms with Crippen LogP contribution in [0.5, 0.6) is 0 Å². The molecule has 0 aliphatic heterocycles. The Balaban J connectivity index is 4.44. The second-order valence-electron chi connectivity index (χ2n) is 5.25. The standard InChI is InChI=1S/C14H29NO/c1-7-10-12(4)11-13(16)14(5,6)15(8-2)9-3/h12H,7-11H2,1-6H3. The second kappa shape index (κ2) is 7.05. The van der Waals surface area contributed by atoms with E-state index in [1.54, 1.807) is 0 Å². The van der Waals surface area contributed by atoms with Gasteiger partial charge in [0.15, 0.2) is 5.78 Å². The molecule has 0 amide bonds. The Morgan fingerprint density at radius 1 is 1.19 bits per heavy atom. The van der Waals surface area contributed by atoms with Crippen molar-refractivity contribution in [2.45, 2.75) is 66.3 Å². The number of nitrogens with zero attached hydrogens (tertiary/aromatic N) is 1. The highest BCUT2D eigenvalue weighted by molar-refractivity contribution is 5.87. The van der Waals surface area contributed by atoms with Gasteiger partial charge in [-0.1, -0.05) is 40.5 Å². The Kier molecular flexibility index (Phi) is 6.89. The van der Waals surface area contributed by atoms with Gasteiger partial charge in [-0.2, -0.15) is 0 Å². The van der Waals surface area contributed by atoms with E-state index in [4.69, 9.17) is 0 Å². The highest BCUT2D eigenvalue weighted by Gasteiger charge is 2.32. The third-order valence-corrected chi connectivity index (χ3v) is 3.55. The van der Waals surface area contributed by atoms with Crippen LogP contribution >= 0.6 is 0 Å². The van der Waals surface area contributed by atoms with Gasteiger partial charge in [-0.05, 0) is 32.9 Å². The zero-order valence-corrected chi connectivity index (χ0v) is 12.0. The summed E-state index contributed by atoms with van der Waals surface area (Å²) < 4.78 is 0. The first-order chi connectivity index (χ1) is 7.39. The second-order valence-corrected chi connectivity index (χ2v) is 5.25. The highest BCUT2D eigenvalue weighted by atomic mass is 16.1. The molecule has 0 saturated carbocycles. The molecule has 1 unspecified atom stereocenters. The Labute approximate surface area is 101 Å². The highest BCUT2D eigenvalue weighted by Crippen LogP contribution is 2.21. The molecule has 0 rings (SSSR count). The zero-order chi connectivity index (χ0) is 12.8. The number of ketones is 1. The maximum Gasteiger partial charge on any atom is 0.152 e. The number of carbonyl (C=O) groups excluding carboxylic acids is 1. The van der Waals surface area contributed by atoms with Crippen LogP contribution in [0.3, 0.4) is 0 Å². The normalized spacial score (nSPS) is 14.2. The van der Waals surface area contributed by atoms with Crippen molar-refractivity contribution < 1.29 is 4.79 Å². The van der Waals surface area contributed by atoms with E-state index in [-0.39, 0.29) is 5.54 Å². The molecule has 0 saturated heterocycles. The molecule has 0 heterocycles. The molecule has 0 N–H and O–H groups in total. The lowest BCUT2D eigenvalue weighted by Crippen LogP contribution is -2.50. The fourth-order valence-corrected chi connectivity index (χ4v) is 2.35. The monoisotopic (exact) mass is 227 g/mol. The van der Waals surface area contributed by atoms with Gasteiger partial charge in [-0.15, -0.1) is 0 Å². The summed E-state index contributed by atoms with van der Waals surface area (Å²) in [4.78, 5) is 14.5. The van der Waals surface area contributed by atoms with Crippen molar-refractivity contribution in [3.8, 4) is 0 Å². The summed E-state index contributed by atoms with van der Waals surface area (Å²) in [5.74, 6) is 0.907. The van der Waals surface area contributed by atoms with Crippen LogP contribution in [0.2, 0.25) is 0 Å². The largest absolute Gasteiger partial charge is 0.298 e. The molecule has 0 aromatic heterocycles. The van der Waals surface area contributed by atoms with Gasteiger partial charge in [0.25, 0.3) is 0 Å². The lowest BCUT2D eigenvalue weighted by atomic mass is 9.88. The molecule has 0 aromatic rings. The van der Waals surface area contributed by atoms with Gasteiger partial charge < -0.3 is 0 Å². The first-order valence-electron chi connectivity index (χ1n) is 6.68. The van der Waals surface area contributed by atoms with Crippen LogP contribution in [0.1, 0.15) is 60.8 Å². The van der Waals surface area contributed by atoms with E-state index in [1.807, 2.05) is 0 Å². The Bertz CT molecular complexity index is 207. The van der Waals surface area contributed by atoms with Crippen LogP contribution in [-0.4, -0.2) is 29.3 Å². The van der Waals surface area contributed by atoms with Crippen LogP contribution in [0.4, 0.5) is 0 Å². The topological polar surface area (TPSA) is 20.3 Å². The zero-order valence-electron chi connectivity index (χ0n) is 12.0. The molecule has 96 valence electrons. The quantitative estimate of drug-likeness (QED) is 0.632. The van der Waals surface area contributed by atoms with Crippen molar-refractivity contribution in [2.24, 2.45) is 5.92 Å². The van der Waals surface area contributed by atoms with E-state index in [0.717, 1.165) is 25.9 Å². The van der Waals surface area contributed by atoms with Gasteiger partial charge in [0.2, 0.25) is 0 Å². The van der Waals surface area contributed by atoms with Gasteiger partial charge >= 0.3 is 0 Å². The number of rotatable bonds is 8. The molecule has 0 radical (unpaired) electrons. The SMILES string of the molecule is CCCC(C)CC(=O)C(C)(C)N(CC)CC. The first kappa shape index (κ1) is 15.6. The summed E-state index contributed by atoms with van der Waals surface area (Å²) in [6, 6.07) is 0. The summed E-state index contributed by atoms with van der Waals surface area (Å²) in [7, 11) is 0. The minimum Gasteiger partial charge on any atom is -0.298 e. The van der Waals surface area contributed by atoms with Crippen LogP contribution in [0, 0.1) is 5.92 Å². The molecule has 2 heteroatoms. The van der Waals surface area contributed by atoms with Crippen molar-refractivity contribution in [3.05, 3.63) is 0 Å². The first-order valence-corrected chi connectivity index (χ1v) is 6.68. The van der Waals surface area contributed by atoms with Crippen LogP contribution in [0.25, 0.3) is 0 Å². The van der Waals surface area contributed by atoms with Crippen LogP contribution < -0.4 is 0 Å². The smallest absolute Gasteiger partial charge is 0.152 e. The maximum atomic E-state index is 12.3. The Morgan fingerprint density at radius 2 is 1.69 bits per heavy atom. The van der Waals surface area contributed by atoms with E-state index < -0.39 is 0 Å². The van der Waals surface area contributed by atoms with Gasteiger partial charge in [0, 0.05) is 6.42 Å². The molecule has 0 bridgehead atoms. The third kappa shape index (κ3) is 4.25. The summed E-state index contributed by atoms with van der Waals surface area (Å²) in [6.07, 6.45) is 3.04. The predicted octanol–water partition coefficient (Wildman–Crippen LogP) is 3.50. The predicted molar refractivity (Wildman–Crippen MR) is 70.7 cm³/mol. The Morgan fingerprint density at radius 3 is 2.06 bits per heavy atom. The average molecular weight is 227 g/mol. The fourth-order valence-electron chi connectivity index (χ4n) is 2.35. The summed E-state index contributed by atoms with van der Waals surface area (Å²) in [5.41, 5.74) is -0.300. The van der Waals surface area contributed by atoms with Crippen molar-refractivity contribution in [3.63, 3.8) is 0 Å². The number of carbonyl (C=O) groups is 1. The van der Waals surface area contributed by atoms with Crippen LogP contribution in [-0.2, 0) is 4.79 Å². The van der Waals surface area contributed by atoms with Crippen LogP contribution in [0.15, 0.2) is 0 Å². The van der Waals surface area contributed by atoms with Gasteiger partial charge in [0.05, 0.1) is 5.54 Å². The number of hydrogen-bond donors (Lipinski definition) is 0. The molecule has 1 atom stereocenters. The van der Waals surface area contributed by atoms with E-state index >= 15 is 0 Å². The van der Waals surface area contributed by atoms with Crippen molar-refractivity contribution in [2.75, 3.05) is 13.1 Å². The molecule has 0 aromatic carbocycles. The lowest BCUT2D eigenvalue weighted by molar-refractivity contribution is -0.130. The fraction of sp³-hybridized carbons (Fsp3) is 0.929. The lowest BCUT2D eigenvalue weighted by Gasteiger charge is -2.36. The number of likely N-dealkylation sites (N-methyl/N-ethyl adjacent to an activating group) is 1. The Hall–Kier alpha value is -0.370. The van der Waals surface area contributed by atoms with E-state index in [9.17, 15) is 4.79 Å². The number of Topliss-reactive ketones (excluding diaryl/α,β-unsaturated/α-hetero) is 1. The molecule has 0 aliphatic rings. The van der Waals surface area contributed by atoms with Gasteiger partial charge in [-0.25, -0.2) is 0 Å². The molecule has 0 spiro atoms. The van der Waals surface area contributed by atoms with Gasteiger partial charge in [-0.3, -0.25) is 9.69 Å². The maximum absolute atomic E-state index is 12.3. The summed E-state index contributed by atoms with van der Waals surface area (Å²) >= 11 is 0. The molecular formula is C14H29NO. The van der Waals surface area contributed by atoms with Crippen molar-refractivity contribution >= 4 is 5.78 Å². The third-order valence-electron chi connectivity index (χ3n) is 3.55. The van der Waals surface area contributed by atoms with E-state index in [1.165, 1.54) is 6.42 Å². The molecule has 16 heavy (non-hydrogen) atoms. The molecule has 0 aliphatic carbocycles. The number of hydrogen-bond acceptors (Lipinski definition) is 2.